The molecule has 4 nitrogen and oxygen atoms in total. The lowest BCUT2D eigenvalue weighted by Gasteiger charge is -2.30. The van der Waals surface area contributed by atoms with Crippen molar-refractivity contribution in [2.45, 2.75) is 26.8 Å². The molecule has 22 heavy (non-hydrogen) atoms. The average molecular weight is 300 g/mol. The van der Waals surface area contributed by atoms with E-state index in [9.17, 15) is 0 Å². The smallest absolute Gasteiger partial charge is 0.140 e. The molecule has 0 aliphatic heterocycles. The van der Waals surface area contributed by atoms with Crippen molar-refractivity contribution in [3.8, 4) is 11.4 Å². The molecule has 0 saturated carbocycles. The van der Waals surface area contributed by atoms with Gasteiger partial charge in [-0.2, -0.15) is 0 Å². The molecule has 0 fully saturated rings. The average Bonchev–Trinajstić information content (AvgIpc) is 2.83. The predicted molar refractivity (Wildman–Crippen MR) is 93.0 cm³/mol. The van der Waals surface area contributed by atoms with Gasteiger partial charge in [0.25, 0.3) is 0 Å². The van der Waals surface area contributed by atoms with Crippen LogP contribution < -0.4 is 5.32 Å². The fraction of sp³-hybridized carbons (Fsp3) is 0.500. The number of aromatic nitrogens is 2. The standard InChI is InChI=1S/C18H28N4/c1-6-22(7-2)16(13-19-4)17-14(3)20-18(21(17)5)15-11-9-8-10-12-15/h8-12,16,19H,6-7,13H2,1-5H3. The lowest BCUT2D eigenvalue weighted by Crippen LogP contribution is -2.36. The molecule has 1 aromatic heterocycles. The van der Waals surface area contributed by atoms with Gasteiger partial charge in [0.1, 0.15) is 5.82 Å². The minimum Gasteiger partial charge on any atom is -0.329 e. The van der Waals surface area contributed by atoms with Crippen LogP contribution in [0.4, 0.5) is 0 Å². The monoisotopic (exact) mass is 300 g/mol. The van der Waals surface area contributed by atoms with Crippen molar-refractivity contribution in [3.63, 3.8) is 0 Å². The minimum absolute atomic E-state index is 0.343. The van der Waals surface area contributed by atoms with Gasteiger partial charge in [-0.25, -0.2) is 4.98 Å². The molecular formula is C18H28N4. The Morgan fingerprint density at radius 1 is 1.18 bits per heavy atom. The molecule has 0 radical (unpaired) electrons. The van der Waals surface area contributed by atoms with E-state index in [4.69, 9.17) is 4.98 Å². The molecule has 0 aliphatic rings. The molecular weight excluding hydrogens is 272 g/mol. The molecule has 1 aromatic carbocycles. The summed E-state index contributed by atoms with van der Waals surface area (Å²) in [4.78, 5) is 7.32. The highest BCUT2D eigenvalue weighted by Crippen LogP contribution is 2.28. The fourth-order valence-corrected chi connectivity index (χ4v) is 3.21. The number of hydrogen-bond acceptors (Lipinski definition) is 3. The summed E-state index contributed by atoms with van der Waals surface area (Å²) in [5.74, 6) is 1.04. The van der Waals surface area contributed by atoms with Crippen LogP contribution in [-0.4, -0.2) is 41.1 Å². The van der Waals surface area contributed by atoms with Crippen LogP contribution in [0.15, 0.2) is 30.3 Å². The van der Waals surface area contributed by atoms with Gasteiger partial charge < -0.3 is 9.88 Å². The SMILES string of the molecule is CCN(CC)C(CNC)c1c(C)nc(-c2ccccc2)n1C. The van der Waals surface area contributed by atoms with Gasteiger partial charge in [-0.15, -0.1) is 0 Å². The van der Waals surface area contributed by atoms with Gasteiger partial charge in [-0.05, 0) is 27.1 Å². The van der Waals surface area contributed by atoms with Crippen molar-refractivity contribution in [3.05, 3.63) is 41.7 Å². The van der Waals surface area contributed by atoms with Gasteiger partial charge in [-0.3, -0.25) is 4.90 Å². The van der Waals surface area contributed by atoms with Gasteiger partial charge in [-0.1, -0.05) is 44.2 Å². The van der Waals surface area contributed by atoms with E-state index in [1.165, 1.54) is 11.3 Å². The molecule has 1 atom stereocenters. The number of benzene rings is 1. The van der Waals surface area contributed by atoms with E-state index in [1.54, 1.807) is 0 Å². The zero-order valence-electron chi connectivity index (χ0n) is 14.4. The number of rotatable bonds is 7. The van der Waals surface area contributed by atoms with Crippen LogP contribution in [0, 0.1) is 6.92 Å². The largest absolute Gasteiger partial charge is 0.329 e. The number of hydrogen-bond donors (Lipinski definition) is 1. The van der Waals surface area contributed by atoms with Crippen LogP contribution in [0.25, 0.3) is 11.4 Å². The van der Waals surface area contributed by atoms with E-state index < -0.39 is 0 Å². The highest BCUT2D eigenvalue weighted by atomic mass is 15.2. The summed E-state index contributed by atoms with van der Waals surface area (Å²) in [5.41, 5.74) is 3.59. The summed E-state index contributed by atoms with van der Waals surface area (Å²) >= 11 is 0. The lowest BCUT2D eigenvalue weighted by molar-refractivity contribution is 0.208. The Kier molecular flexibility index (Phi) is 5.75. The molecule has 2 aromatic rings. The highest BCUT2D eigenvalue weighted by molar-refractivity contribution is 5.56. The minimum atomic E-state index is 0.343. The van der Waals surface area contributed by atoms with Gasteiger partial charge in [0.2, 0.25) is 0 Å². The van der Waals surface area contributed by atoms with Gasteiger partial charge >= 0.3 is 0 Å². The Bertz CT molecular complexity index is 585. The Morgan fingerprint density at radius 3 is 2.36 bits per heavy atom. The second-order valence-electron chi connectivity index (χ2n) is 5.63. The molecule has 0 bridgehead atoms. The third kappa shape index (κ3) is 3.23. The van der Waals surface area contributed by atoms with E-state index in [2.05, 4.69) is 66.9 Å². The highest BCUT2D eigenvalue weighted by Gasteiger charge is 2.24. The van der Waals surface area contributed by atoms with Crippen LogP contribution in [0.3, 0.4) is 0 Å². The van der Waals surface area contributed by atoms with Crippen molar-refractivity contribution in [2.75, 3.05) is 26.7 Å². The second-order valence-corrected chi connectivity index (χ2v) is 5.63. The molecule has 1 unspecified atom stereocenters. The molecule has 0 saturated heterocycles. The van der Waals surface area contributed by atoms with Crippen molar-refractivity contribution in [1.29, 1.82) is 0 Å². The fourth-order valence-electron chi connectivity index (χ4n) is 3.21. The van der Waals surface area contributed by atoms with E-state index in [-0.39, 0.29) is 0 Å². The molecule has 120 valence electrons. The van der Waals surface area contributed by atoms with Crippen LogP contribution >= 0.6 is 0 Å². The second kappa shape index (κ2) is 7.56. The summed E-state index contributed by atoms with van der Waals surface area (Å²) in [6.07, 6.45) is 0. The summed E-state index contributed by atoms with van der Waals surface area (Å²) in [7, 11) is 4.14. The molecule has 1 heterocycles. The van der Waals surface area contributed by atoms with Crippen LogP contribution in [0.2, 0.25) is 0 Å². The van der Waals surface area contributed by atoms with Gasteiger partial charge in [0.15, 0.2) is 0 Å². The molecule has 4 heteroatoms. The quantitative estimate of drug-likeness (QED) is 0.853. The van der Waals surface area contributed by atoms with Crippen LogP contribution in [0.5, 0.6) is 0 Å². The van der Waals surface area contributed by atoms with Crippen molar-refractivity contribution >= 4 is 0 Å². The van der Waals surface area contributed by atoms with Crippen molar-refractivity contribution < 1.29 is 0 Å². The summed E-state index contributed by atoms with van der Waals surface area (Å²) in [5, 5.41) is 3.34. The van der Waals surface area contributed by atoms with E-state index >= 15 is 0 Å². The first-order chi connectivity index (χ1) is 10.6. The van der Waals surface area contributed by atoms with Crippen LogP contribution in [0.1, 0.15) is 31.3 Å². The zero-order valence-corrected chi connectivity index (χ0v) is 14.4. The van der Waals surface area contributed by atoms with Crippen LogP contribution in [-0.2, 0) is 7.05 Å². The van der Waals surface area contributed by atoms with Crippen molar-refractivity contribution in [2.24, 2.45) is 7.05 Å². The number of imidazole rings is 1. The topological polar surface area (TPSA) is 33.1 Å². The van der Waals surface area contributed by atoms with E-state index in [0.717, 1.165) is 31.2 Å². The van der Waals surface area contributed by atoms with Crippen molar-refractivity contribution in [1.82, 2.24) is 19.8 Å². The number of aryl methyl sites for hydroxylation is 1. The summed E-state index contributed by atoms with van der Waals surface area (Å²) in [6, 6.07) is 10.8. The molecule has 1 N–H and O–H groups in total. The predicted octanol–water partition coefficient (Wildman–Crippen LogP) is 3.00. The molecule has 0 aliphatic carbocycles. The summed E-state index contributed by atoms with van der Waals surface area (Å²) < 4.78 is 2.25. The van der Waals surface area contributed by atoms with E-state index in [1.807, 2.05) is 13.1 Å². The maximum Gasteiger partial charge on any atom is 0.140 e. The van der Waals surface area contributed by atoms with E-state index in [0.29, 0.717) is 6.04 Å². The van der Waals surface area contributed by atoms with Gasteiger partial charge in [0.05, 0.1) is 17.4 Å². The Balaban J connectivity index is 2.48. The Labute approximate surface area is 134 Å². The molecule has 0 amide bonds. The first-order valence-electron chi connectivity index (χ1n) is 8.11. The maximum absolute atomic E-state index is 4.84. The third-order valence-electron chi connectivity index (χ3n) is 4.32. The first kappa shape index (κ1) is 16.7. The third-order valence-corrected chi connectivity index (χ3v) is 4.32. The zero-order chi connectivity index (χ0) is 16.1. The number of likely N-dealkylation sites (N-methyl/N-ethyl adjacent to an activating group) is 2. The Morgan fingerprint density at radius 2 is 1.82 bits per heavy atom. The number of nitrogens with zero attached hydrogens (tertiary/aromatic N) is 3. The Hall–Kier alpha value is -1.65. The maximum atomic E-state index is 4.84. The number of nitrogens with one attached hydrogen (secondary N) is 1. The summed E-state index contributed by atoms with van der Waals surface area (Å²) in [6.45, 7) is 9.55. The normalized spacial score (nSPS) is 12.8. The lowest BCUT2D eigenvalue weighted by atomic mass is 10.1. The first-order valence-corrected chi connectivity index (χ1v) is 8.11. The molecule has 0 spiro atoms. The van der Waals surface area contributed by atoms with Gasteiger partial charge in [0, 0.05) is 19.2 Å². The molecule has 2 rings (SSSR count).